The van der Waals surface area contributed by atoms with Gasteiger partial charge in [0.1, 0.15) is 25.0 Å². The number of anilines is 1. The molecule has 0 bridgehead atoms. The summed E-state index contributed by atoms with van der Waals surface area (Å²) in [4.78, 5) is 28.7. The minimum absolute atomic E-state index is 0.0833. The van der Waals surface area contributed by atoms with Crippen molar-refractivity contribution >= 4 is 27.5 Å². The van der Waals surface area contributed by atoms with Crippen molar-refractivity contribution in [1.82, 2.24) is 10.2 Å². The lowest BCUT2D eigenvalue weighted by Crippen LogP contribution is -2.51. The Labute approximate surface area is 243 Å². The first-order valence-electron chi connectivity index (χ1n) is 14.3. The maximum absolute atomic E-state index is 13.7. The summed E-state index contributed by atoms with van der Waals surface area (Å²) in [5, 5.41) is 3.15. The van der Waals surface area contributed by atoms with Crippen LogP contribution in [-0.4, -0.2) is 70.3 Å². The van der Waals surface area contributed by atoms with E-state index in [1.807, 2.05) is 31.2 Å². The Bertz CT molecular complexity index is 1290. The highest BCUT2D eigenvalue weighted by Gasteiger charge is 2.31. The molecule has 0 spiro atoms. The second-order valence-electron chi connectivity index (χ2n) is 10.6. The molecular formula is C30H41N3O7S. The summed E-state index contributed by atoms with van der Waals surface area (Å²) in [5.41, 5.74) is 1.32. The molecule has 0 saturated heterocycles. The average Bonchev–Trinajstić information content (AvgIpc) is 3.47. The highest BCUT2D eigenvalue weighted by atomic mass is 32.2. The number of amides is 2. The Morgan fingerprint density at radius 1 is 1.05 bits per heavy atom. The summed E-state index contributed by atoms with van der Waals surface area (Å²) in [6.07, 6.45) is 6.06. The van der Waals surface area contributed by atoms with Gasteiger partial charge in [-0.05, 0) is 55.5 Å². The maximum Gasteiger partial charge on any atom is 0.243 e. The van der Waals surface area contributed by atoms with Gasteiger partial charge in [-0.25, -0.2) is 8.42 Å². The smallest absolute Gasteiger partial charge is 0.243 e. The van der Waals surface area contributed by atoms with Gasteiger partial charge in [0.15, 0.2) is 11.5 Å². The van der Waals surface area contributed by atoms with Crippen LogP contribution in [0.2, 0.25) is 0 Å². The number of fused-ring (bicyclic) bond motifs is 1. The van der Waals surface area contributed by atoms with E-state index in [1.54, 1.807) is 30.2 Å². The van der Waals surface area contributed by atoms with E-state index in [4.69, 9.17) is 14.2 Å². The van der Waals surface area contributed by atoms with E-state index in [-0.39, 0.29) is 43.8 Å². The Hall–Kier alpha value is -3.47. The molecule has 0 aromatic heterocycles. The number of hydrogen-bond acceptors (Lipinski definition) is 7. The number of benzene rings is 2. The van der Waals surface area contributed by atoms with Gasteiger partial charge in [0.2, 0.25) is 21.8 Å². The second kappa shape index (κ2) is 13.9. The Balaban J connectivity index is 1.48. The van der Waals surface area contributed by atoms with Gasteiger partial charge in [0.05, 0.1) is 19.1 Å². The van der Waals surface area contributed by atoms with Crippen LogP contribution in [0.15, 0.2) is 42.5 Å². The van der Waals surface area contributed by atoms with Gasteiger partial charge in [-0.2, -0.15) is 0 Å². The molecular weight excluding hydrogens is 546 g/mol. The van der Waals surface area contributed by atoms with Crippen molar-refractivity contribution in [3.05, 3.63) is 48.0 Å². The topological polar surface area (TPSA) is 114 Å². The molecule has 2 amide bonds. The number of nitrogens with zero attached hydrogens (tertiary/aromatic N) is 2. The molecule has 2 aromatic carbocycles. The number of nitrogens with one attached hydrogen (secondary N) is 1. The monoisotopic (exact) mass is 587 g/mol. The van der Waals surface area contributed by atoms with Gasteiger partial charge in [-0.15, -0.1) is 0 Å². The molecule has 224 valence electrons. The van der Waals surface area contributed by atoms with E-state index in [9.17, 15) is 18.0 Å². The third-order valence-corrected chi connectivity index (χ3v) is 8.76. The zero-order valence-corrected chi connectivity index (χ0v) is 25.0. The summed E-state index contributed by atoms with van der Waals surface area (Å²) in [7, 11) is -2.04. The Morgan fingerprint density at radius 2 is 1.73 bits per heavy atom. The van der Waals surface area contributed by atoms with Crippen LogP contribution in [0.25, 0.3) is 0 Å². The quantitative estimate of drug-likeness (QED) is 0.378. The molecule has 11 heteroatoms. The van der Waals surface area contributed by atoms with Gasteiger partial charge in [-0.3, -0.25) is 13.9 Å². The van der Waals surface area contributed by atoms with E-state index < -0.39 is 16.1 Å². The zero-order valence-electron chi connectivity index (χ0n) is 24.1. The van der Waals surface area contributed by atoms with Crippen molar-refractivity contribution in [2.75, 3.05) is 37.4 Å². The van der Waals surface area contributed by atoms with E-state index in [1.165, 1.54) is 4.31 Å². The lowest BCUT2D eigenvalue weighted by molar-refractivity contribution is -0.141. The molecule has 4 rings (SSSR count). The molecule has 1 fully saturated rings. The molecule has 10 nitrogen and oxygen atoms in total. The molecule has 41 heavy (non-hydrogen) atoms. The molecule has 2 aromatic rings. The van der Waals surface area contributed by atoms with Crippen LogP contribution in [0.3, 0.4) is 0 Å². The van der Waals surface area contributed by atoms with E-state index >= 15 is 0 Å². The first kappa shape index (κ1) is 30.5. The number of rotatable bonds is 13. The second-order valence-corrected chi connectivity index (χ2v) is 12.5. The minimum atomic E-state index is -3.63. The van der Waals surface area contributed by atoms with Gasteiger partial charge in [0.25, 0.3) is 0 Å². The predicted octanol–water partition coefficient (Wildman–Crippen LogP) is 3.88. The van der Waals surface area contributed by atoms with Gasteiger partial charge in [0, 0.05) is 31.6 Å². The van der Waals surface area contributed by atoms with Crippen LogP contribution < -0.4 is 23.8 Å². The summed E-state index contributed by atoms with van der Waals surface area (Å²) < 4.78 is 43.1. The standard InChI is InChI=1S/C30H41N3O7S/c1-4-26(30(35)31-23-8-5-6-9-23)32(21-22-11-14-25(38-2)15-12-22)29(34)10-7-17-33(41(3,36)37)24-13-16-27-28(20-24)40-19-18-39-27/h11-16,20,23,26H,4-10,17-19,21H2,1-3H3,(H,31,35). The third-order valence-electron chi connectivity index (χ3n) is 7.57. The minimum Gasteiger partial charge on any atom is -0.497 e. The van der Waals surface area contributed by atoms with E-state index in [0.717, 1.165) is 37.5 Å². The van der Waals surface area contributed by atoms with Crippen molar-refractivity contribution in [3.8, 4) is 17.2 Å². The number of methoxy groups -OCH3 is 1. The van der Waals surface area contributed by atoms with Crippen molar-refractivity contribution in [2.24, 2.45) is 0 Å². The largest absolute Gasteiger partial charge is 0.497 e. The molecule has 1 aliphatic heterocycles. The van der Waals surface area contributed by atoms with Crippen LogP contribution in [0, 0.1) is 0 Å². The van der Waals surface area contributed by atoms with Crippen LogP contribution >= 0.6 is 0 Å². The SMILES string of the molecule is CCC(C(=O)NC1CCCC1)N(Cc1ccc(OC)cc1)C(=O)CCCN(c1ccc2c(c1)OCCO2)S(C)(=O)=O. The molecule has 1 N–H and O–H groups in total. The van der Waals surface area contributed by atoms with Gasteiger partial charge < -0.3 is 24.4 Å². The normalized spacial score (nSPS) is 15.7. The van der Waals surface area contributed by atoms with Crippen molar-refractivity contribution < 1.29 is 32.2 Å². The van der Waals surface area contributed by atoms with E-state index in [2.05, 4.69) is 5.32 Å². The molecule has 1 saturated carbocycles. The molecule has 1 heterocycles. The number of carbonyl (C=O) groups excluding carboxylic acids is 2. The molecule has 1 atom stereocenters. The molecule has 2 aliphatic rings. The fourth-order valence-electron chi connectivity index (χ4n) is 5.41. The highest BCUT2D eigenvalue weighted by Crippen LogP contribution is 2.35. The lowest BCUT2D eigenvalue weighted by atomic mass is 10.1. The first-order chi connectivity index (χ1) is 19.7. The Kier molecular flexibility index (Phi) is 10.4. The lowest BCUT2D eigenvalue weighted by Gasteiger charge is -2.32. The number of sulfonamides is 1. The van der Waals surface area contributed by atoms with Gasteiger partial charge >= 0.3 is 0 Å². The van der Waals surface area contributed by atoms with Crippen LogP contribution in [-0.2, 0) is 26.2 Å². The van der Waals surface area contributed by atoms with E-state index in [0.29, 0.717) is 42.6 Å². The zero-order chi connectivity index (χ0) is 29.4. The van der Waals surface area contributed by atoms with Crippen LogP contribution in [0.4, 0.5) is 5.69 Å². The van der Waals surface area contributed by atoms with Crippen molar-refractivity contribution in [3.63, 3.8) is 0 Å². The van der Waals surface area contributed by atoms with Crippen LogP contribution in [0.5, 0.6) is 17.2 Å². The number of carbonyl (C=O) groups is 2. The summed E-state index contributed by atoms with van der Waals surface area (Å²) in [6, 6.07) is 11.9. The molecule has 1 unspecified atom stereocenters. The third kappa shape index (κ3) is 8.06. The van der Waals surface area contributed by atoms with Crippen molar-refractivity contribution in [1.29, 1.82) is 0 Å². The molecule has 0 radical (unpaired) electrons. The maximum atomic E-state index is 13.7. The summed E-state index contributed by atoms with van der Waals surface area (Å²) in [6.45, 7) is 3.10. The molecule has 1 aliphatic carbocycles. The fraction of sp³-hybridized carbons (Fsp3) is 0.533. The first-order valence-corrected chi connectivity index (χ1v) is 16.1. The number of hydrogen-bond donors (Lipinski definition) is 1. The number of ether oxygens (including phenoxy) is 3. The highest BCUT2D eigenvalue weighted by molar-refractivity contribution is 7.92. The predicted molar refractivity (Wildman–Crippen MR) is 157 cm³/mol. The van der Waals surface area contributed by atoms with Crippen LogP contribution in [0.1, 0.15) is 57.4 Å². The summed E-state index contributed by atoms with van der Waals surface area (Å²) in [5.74, 6) is 1.42. The van der Waals surface area contributed by atoms with Crippen molar-refractivity contribution in [2.45, 2.75) is 70.5 Å². The van der Waals surface area contributed by atoms with Gasteiger partial charge in [-0.1, -0.05) is 31.9 Å². The Morgan fingerprint density at radius 3 is 2.37 bits per heavy atom. The average molecular weight is 588 g/mol. The summed E-state index contributed by atoms with van der Waals surface area (Å²) >= 11 is 0. The fourth-order valence-corrected chi connectivity index (χ4v) is 6.36.